The third-order valence-electron chi connectivity index (χ3n) is 5.66. The molecular weight excluding hydrogens is 367 g/mol. The van der Waals surface area contributed by atoms with Crippen LogP contribution in [0.1, 0.15) is 47.7 Å². The van der Waals surface area contributed by atoms with E-state index in [9.17, 15) is 14.0 Å². The zero-order chi connectivity index (χ0) is 21.0. The van der Waals surface area contributed by atoms with Gasteiger partial charge in [0.2, 0.25) is 5.91 Å². The first-order chi connectivity index (χ1) is 13.9. The van der Waals surface area contributed by atoms with E-state index in [0.717, 1.165) is 17.5 Å². The van der Waals surface area contributed by atoms with Gasteiger partial charge in [-0.2, -0.15) is 0 Å². The molecule has 154 valence electrons. The van der Waals surface area contributed by atoms with Gasteiger partial charge in [-0.15, -0.1) is 0 Å². The SMILES string of the molecule is Cc1ccccc1[C@@H]1CN(C(=O)c2ccccc2F)C[C@H]1C(=O)NCCC(C)C. The van der Waals surface area contributed by atoms with Crippen molar-refractivity contribution in [3.8, 4) is 0 Å². The lowest BCUT2D eigenvalue weighted by atomic mass is 9.86. The van der Waals surface area contributed by atoms with Gasteiger partial charge in [-0.3, -0.25) is 9.59 Å². The standard InChI is InChI=1S/C24H29FN2O2/c1-16(2)12-13-26-23(28)21-15-27(24(29)19-10-6-7-11-22(19)25)14-20(21)18-9-5-4-8-17(18)3/h4-11,16,20-21H,12-15H2,1-3H3,(H,26,28)/t20-,21+/m0/s1. The summed E-state index contributed by atoms with van der Waals surface area (Å²) in [5.41, 5.74) is 2.22. The fourth-order valence-corrected chi connectivity index (χ4v) is 3.97. The lowest BCUT2D eigenvalue weighted by Gasteiger charge is -2.20. The molecule has 1 aliphatic rings. The summed E-state index contributed by atoms with van der Waals surface area (Å²) in [7, 11) is 0. The topological polar surface area (TPSA) is 49.4 Å². The minimum Gasteiger partial charge on any atom is -0.356 e. The average Bonchev–Trinajstić information content (AvgIpc) is 3.13. The Morgan fingerprint density at radius 2 is 1.79 bits per heavy atom. The quantitative estimate of drug-likeness (QED) is 0.797. The predicted molar refractivity (Wildman–Crippen MR) is 112 cm³/mol. The Labute approximate surface area is 172 Å². The minimum absolute atomic E-state index is 0.0391. The van der Waals surface area contributed by atoms with E-state index in [4.69, 9.17) is 0 Å². The number of carbonyl (C=O) groups is 2. The summed E-state index contributed by atoms with van der Waals surface area (Å²) in [6.07, 6.45) is 0.908. The lowest BCUT2D eigenvalue weighted by Crippen LogP contribution is -2.36. The molecule has 29 heavy (non-hydrogen) atoms. The summed E-state index contributed by atoms with van der Waals surface area (Å²) in [6.45, 7) is 7.57. The van der Waals surface area contributed by atoms with Crippen molar-refractivity contribution in [3.05, 3.63) is 71.0 Å². The monoisotopic (exact) mass is 396 g/mol. The second-order valence-corrected chi connectivity index (χ2v) is 8.23. The normalized spacial score (nSPS) is 18.9. The molecule has 0 bridgehead atoms. The maximum absolute atomic E-state index is 14.1. The Balaban J connectivity index is 1.84. The summed E-state index contributed by atoms with van der Waals surface area (Å²) in [6, 6.07) is 14.0. The predicted octanol–water partition coefficient (Wildman–Crippen LogP) is 4.15. The molecule has 0 saturated carbocycles. The van der Waals surface area contributed by atoms with Crippen molar-refractivity contribution < 1.29 is 14.0 Å². The molecule has 0 spiro atoms. The van der Waals surface area contributed by atoms with Gasteiger partial charge in [0.15, 0.2) is 0 Å². The highest BCUT2D eigenvalue weighted by molar-refractivity contribution is 5.95. The van der Waals surface area contributed by atoms with Crippen LogP contribution in [0, 0.1) is 24.6 Å². The Morgan fingerprint density at radius 3 is 2.48 bits per heavy atom. The second-order valence-electron chi connectivity index (χ2n) is 8.23. The largest absolute Gasteiger partial charge is 0.356 e. The van der Waals surface area contributed by atoms with E-state index in [1.165, 1.54) is 12.1 Å². The fourth-order valence-electron chi connectivity index (χ4n) is 3.97. The average molecular weight is 397 g/mol. The number of likely N-dealkylation sites (tertiary alicyclic amines) is 1. The van der Waals surface area contributed by atoms with Gasteiger partial charge < -0.3 is 10.2 Å². The van der Waals surface area contributed by atoms with Gasteiger partial charge in [-0.05, 0) is 42.5 Å². The van der Waals surface area contributed by atoms with E-state index in [-0.39, 0.29) is 29.2 Å². The molecule has 0 aliphatic carbocycles. The number of halogens is 1. The van der Waals surface area contributed by atoms with E-state index >= 15 is 0 Å². The first-order valence-corrected chi connectivity index (χ1v) is 10.3. The molecule has 2 atom stereocenters. The summed E-state index contributed by atoms with van der Waals surface area (Å²) in [4.78, 5) is 27.5. The summed E-state index contributed by atoms with van der Waals surface area (Å²) >= 11 is 0. The van der Waals surface area contributed by atoms with Gasteiger partial charge in [0, 0.05) is 25.6 Å². The number of aryl methyl sites for hydroxylation is 1. The van der Waals surface area contributed by atoms with E-state index < -0.39 is 5.82 Å². The highest BCUT2D eigenvalue weighted by Crippen LogP contribution is 2.35. The highest BCUT2D eigenvalue weighted by Gasteiger charge is 2.41. The maximum atomic E-state index is 14.1. The molecule has 2 aromatic carbocycles. The number of nitrogens with zero attached hydrogens (tertiary/aromatic N) is 1. The molecule has 1 N–H and O–H groups in total. The zero-order valence-corrected chi connectivity index (χ0v) is 17.3. The van der Waals surface area contributed by atoms with Crippen LogP contribution in [-0.2, 0) is 4.79 Å². The fraction of sp³-hybridized carbons (Fsp3) is 0.417. The zero-order valence-electron chi connectivity index (χ0n) is 17.3. The van der Waals surface area contributed by atoms with Crippen LogP contribution in [-0.4, -0.2) is 36.3 Å². The van der Waals surface area contributed by atoms with Gasteiger partial charge in [0.25, 0.3) is 5.91 Å². The smallest absolute Gasteiger partial charge is 0.256 e. The van der Waals surface area contributed by atoms with Gasteiger partial charge in [-0.1, -0.05) is 50.2 Å². The molecule has 0 radical (unpaired) electrons. The Hall–Kier alpha value is -2.69. The van der Waals surface area contributed by atoms with Crippen LogP contribution in [0.25, 0.3) is 0 Å². The van der Waals surface area contributed by atoms with Crippen molar-refractivity contribution >= 4 is 11.8 Å². The van der Waals surface area contributed by atoms with Crippen molar-refractivity contribution in [1.29, 1.82) is 0 Å². The lowest BCUT2D eigenvalue weighted by molar-refractivity contribution is -0.124. The third-order valence-corrected chi connectivity index (χ3v) is 5.66. The number of hydrogen-bond donors (Lipinski definition) is 1. The van der Waals surface area contributed by atoms with Crippen molar-refractivity contribution in [3.63, 3.8) is 0 Å². The van der Waals surface area contributed by atoms with Crippen molar-refractivity contribution in [2.24, 2.45) is 11.8 Å². The molecule has 4 nitrogen and oxygen atoms in total. The van der Waals surface area contributed by atoms with Gasteiger partial charge >= 0.3 is 0 Å². The van der Waals surface area contributed by atoms with Crippen LogP contribution in [0.15, 0.2) is 48.5 Å². The molecule has 2 amide bonds. The molecule has 0 unspecified atom stereocenters. The minimum atomic E-state index is -0.533. The molecular formula is C24H29FN2O2. The molecule has 3 rings (SSSR count). The van der Waals surface area contributed by atoms with E-state index in [1.54, 1.807) is 17.0 Å². The van der Waals surface area contributed by atoms with Gasteiger partial charge in [0.05, 0.1) is 11.5 Å². The van der Waals surface area contributed by atoms with Crippen LogP contribution in [0.2, 0.25) is 0 Å². The van der Waals surface area contributed by atoms with Crippen molar-refractivity contribution in [1.82, 2.24) is 10.2 Å². The van der Waals surface area contributed by atoms with E-state index in [2.05, 4.69) is 19.2 Å². The Kier molecular flexibility index (Phi) is 6.68. The number of benzene rings is 2. The number of nitrogens with one attached hydrogen (secondary N) is 1. The first-order valence-electron chi connectivity index (χ1n) is 10.3. The van der Waals surface area contributed by atoms with Gasteiger partial charge in [-0.25, -0.2) is 4.39 Å². The van der Waals surface area contributed by atoms with Crippen LogP contribution < -0.4 is 5.32 Å². The molecule has 1 saturated heterocycles. The number of carbonyl (C=O) groups excluding carboxylic acids is 2. The molecule has 1 fully saturated rings. The van der Waals surface area contributed by atoms with E-state index in [1.807, 2.05) is 31.2 Å². The number of hydrogen-bond acceptors (Lipinski definition) is 2. The third kappa shape index (κ3) is 4.84. The van der Waals surface area contributed by atoms with Crippen LogP contribution in [0.5, 0.6) is 0 Å². The molecule has 1 heterocycles. The Morgan fingerprint density at radius 1 is 1.10 bits per heavy atom. The van der Waals surface area contributed by atoms with Crippen LogP contribution in [0.4, 0.5) is 4.39 Å². The van der Waals surface area contributed by atoms with Crippen molar-refractivity contribution in [2.75, 3.05) is 19.6 Å². The van der Waals surface area contributed by atoms with Crippen LogP contribution >= 0.6 is 0 Å². The molecule has 5 heteroatoms. The molecule has 1 aliphatic heterocycles. The van der Waals surface area contributed by atoms with E-state index in [0.29, 0.717) is 25.6 Å². The van der Waals surface area contributed by atoms with Gasteiger partial charge in [0.1, 0.15) is 5.82 Å². The molecule has 0 aromatic heterocycles. The maximum Gasteiger partial charge on any atom is 0.256 e. The summed E-state index contributed by atoms with van der Waals surface area (Å²) < 4.78 is 14.1. The number of rotatable bonds is 6. The van der Waals surface area contributed by atoms with Crippen molar-refractivity contribution in [2.45, 2.75) is 33.1 Å². The first kappa shape index (κ1) is 21.0. The molecule has 2 aromatic rings. The second kappa shape index (κ2) is 9.21. The Bertz CT molecular complexity index is 881. The highest BCUT2D eigenvalue weighted by atomic mass is 19.1. The summed E-state index contributed by atoms with van der Waals surface area (Å²) in [5.74, 6) is -0.883. The summed E-state index contributed by atoms with van der Waals surface area (Å²) in [5, 5.41) is 3.03. The van der Waals surface area contributed by atoms with Crippen LogP contribution in [0.3, 0.4) is 0 Å². The number of amides is 2.